The molecule has 3 atom stereocenters. The van der Waals surface area contributed by atoms with Crippen molar-refractivity contribution in [2.24, 2.45) is 11.7 Å². The quantitative estimate of drug-likeness (QED) is 0.829. The zero-order valence-electron chi connectivity index (χ0n) is 10.1. The lowest BCUT2D eigenvalue weighted by atomic mass is 10.00. The Bertz CT molecular complexity index is 395. The summed E-state index contributed by atoms with van der Waals surface area (Å²) in [7, 11) is -1.53. The summed E-state index contributed by atoms with van der Waals surface area (Å²) in [4.78, 5) is 12.3. The van der Waals surface area contributed by atoms with Gasteiger partial charge < -0.3 is 5.73 Å². The van der Waals surface area contributed by atoms with Crippen LogP contribution in [0.5, 0.6) is 0 Å². The van der Waals surface area contributed by atoms with Crippen LogP contribution in [-0.2, 0) is 15.8 Å². The van der Waals surface area contributed by atoms with Crippen molar-refractivity contribution < 1.29 is 9.00 Å². The van der Waals surface area contributed by atoms with Gasteiger partial charge in [-0.15, -0.1) is 0 Å². The van der Waals surface area contributed by atoms with Crippen LogP contribution in [0.2, 0.25) is 0 Å². The molecular weight excluding hydrogens is 236 g/mol. The van der Waals surface area contributed by atoms with Gasteiger partial charge in [0.05, 0.1) is 10.9 Å². The van der Waals surface area contributed by atoms with Crippen LogP contribution in [0.25, 0.3) is 0 Å². The Hall–Kier alpha value is -1.20. The number of hydrogen-bond donors (Lipinski definition) is 2. The lowest BCUT2D eigenvalue weighted by Crippen LogP contribution is -2.45. The molecule has 0 radical (unpaired) electrons. The highest BCUT2D eigenvalue weighted by Crippen LogP contribution is 2.07. The third-order valence-corrected chi connectivity index (χ3v) is 3.80. The van der Waals surface area contributed by atoms with Crippen LogP contribution in [0, 0.1) is 5.92 Å². The van der Waals surface area contributed by atoms with Gasteiger partial charge in [-0.3, -0.25) is 9.52 Å². The van der Waals surface area contributed by atoms with Crippen molar-refractivity contribution in [2.45, 2.75) is 31.2 Å². The molecule has 0 heterocycles. The fraction of sp³-hybridized carbons (Fsp3) is 0.417. The van der Waals surface area contributed by atoms with Gasteiger partial charge in [0.1, 0.15) is 0 Å². The number of benzene rings is 1. The minimum absolute atomic E-state index is 0.0720. The number of hydrogen-bond acceptors (Lipinski definition) is 3. The van der Waals surface area contributed by atoms with Crippen molar-refractivity contribution in [1.82, 2.24) is 4.72 Å². The van der Waals surface area contributed by atoms with Crippen molar-refractivity contribution in [3.63, 3.8) is 0 Å². The van der Waals surface area contributed by atoms with Crippen molar-refractivity contribution in [3.8, 4) is 0 Å². The SMILES string of the molecule is CCC(C)C(N)C(=O)NS(=O)c1ccccc1. The van der Waals surface area contributed by atoms with Crippen LogP contribution in [0.15, 0.2) is 35.2 Å². The molecule has 0 spiro atoms. The van der Waals surface area contributed by atoms with E-state index in [1.807, 2.05) is 19.9 Å². The maximum atomic E-state index is 11.8. The lowest BCUT2D eigenvalue weighted by molar-refractivity contribution is -0.121. The Morgan fingerprint density at radius 3 is 2.53 bits per heavy atom. The van der Waals surface area contributed by atoms with E-state index < -0.39 is 17.0 Å². The fourth-order valence-corrected chi connectivity index (χ4v) is 2.12. The van der Waals surface area contributed by atoms with Crippen molar-refractivity contribution >= 4 is 16.9 Å². The van der Waals surface area contributed by atoms with E-state index in [4.69, 9.17) is 5.73 Å². The molecule has 94 valence electrons. The first-order valence-electron chi connectivity index (χ1n) is 5.59. The summed E-state index contributed by atoms with van der Waals surface area (Å²) >= 11 is 0. The van der Waals surface area contributed by atoms with Gasteiger partial charge in [-0.05, 0) is 18.1 Å². The number of rotatable bonds is 5. The molecule has 1 aromatic rings. The van der Waals surface area contributed by atoms with Crippen LogP contribution in [0.3, 0.4) is 0 Å². The second-order valence-electron chi connectivity index (χ2n) is 3.96. The summed E-state index contributed by atoms with van der Waals surface area (Å²) in [6.07, 6.45) is 0.812. The average Bonchev–Trinajstić information content (AvgIpc) is 2.37. The largest absolute Gasteiger partial charge is 0.320 e. The Balaban J connectivity index is 2.61. The van der Waals surface area contributed by atoms with E-state index in [2.05, 4.69) is 4.72 Å². The molecule has 1 aromatic carbocycles. The van der Waals surface area contributed by atoms with Gasteiger partial charge in [0.2, 0.25) is 5.91 Å². The van der Waals surface area contributed by atoms with E-state index in [-0.39, 0.29) is 11.8 Å². The molecule has 0 bridgehead atoms. The summed E-state index contributed by atoms with van der Waals surface area (Å²) in [6.45, 7) is 3.86. The number of nitrogens with two attached hydrogens (primary N) is 1. The first-order chi connectivity index (χ1) is 8.06. The highest BCUT2D eigenvalue weighted by molar-refractivity contribution is 7.83. The molecule has 0 saturated heterocycles. The third-order valence-electron chi connectivity index (χ3n) is 2.71. The van der Waals surface area contributed by atoms with E-state index in [1.165, 1.54) is 0 Å². The predicted octanol–water partition coefficient (Wildman–Crippen LogP) is 1.20. The van der Waals surface area contributed by atoms with Crippen molar-refractivity contribution in [2.75, 3.05) is 0 Å². The van der Waals surface area contributed by atoms with E-state index in [9.17, 15) is 9.00 Å². The Morgan fingerprint density at radius 1 is 1.41 bits per heavy atom. The molecule has 0 fully saturated rings. The van der Waals surface area contributed by atoms with Gasteiger partial charge in [0, 0.05) is 0 Å². The zero-order chi connectivity index (χ0) is 12.8. The highest BCUT2D eigenvalue weighted by atomic mass is 32.2. The standard InChI is InChI=1S/C12H18N2O2S/c1-3-9(2)11(13)12(15)14-17(16)10-7-5-4-6-8-10/h4-9,11H,3,13H2,1-2H3,(H,14,15). The topological polar surface area (TPSA) is 72.2 Å². The van der Waals surface area contributed by atoms with Crippen LogP contribution >= 0.6 is 0 Å². The summed E-state index contributed by atoms with van der Waals surface area (Å²) in [6, 6.07) is 8.15. The molecule has 0 aliphatic heterocycles. The molecule has 17 heavy (non-hydrogen) atoms. The molecular formula is C12H18N2O2S. The molecule has 3 unspecified atom stereocenters. The van der Waals surface area contributed by atoms with Gasteiger partial charge in [-0.25, -0.2) is 4.21 Å². The normalized spacial score (nSPS) is 15.9. The Labute approximate surface area is 104 Å². The minimum Gasteiger partial charge on any atom is -0.320 e. The molecule has 1 rings (SSSR count). The maximum absolute atomic E-state index is 11.8. The molecule has 5 heteroatoms. The van der Waals surface area contributed by atoms with Crippen molar-refractivity contribution in [1.29, 1.82) is 0 Å². The number of amides is 1. The van der Waals surface area contributed by atoms with E-state index in [0.29, 0.717) is 4.90 Å². The lowest BCUT2D eigenvalue weighted by Gasteiger charge is -2.17. The molecule has 0 aromatic heterocycles. The molecule has 0 aliphatic carbocycles. The molecule has 0 saturated carbocycles. The number of nitrogens with one attached hydrogen (secondary N) is 1. The summed E-state index contributed by atoms with van der Waals surface area (Å²) < 4.78 is 14.2. The van der Waals surface area contributed by atoms with E-state index in [0.717, 1.165) is 6.42 Å². The minimum atomic E-state index is -1.53. The van der Waals surface area contributed by atoms with Gasteiger partial charge in [-0.2, -0.15) is 0 Å². The van der Waals surface area contributed by atoms with Crippen molar-refractivity contribution in [3.05, 3.63) is 30.3 Å². The van der Waals surface area contributed by atoms with E-state index >= 15 is 0 Å². The fourth-order valence-electron chi connectivity index (χ4n) is 1.27. The molecule has 4 nitrogen and oxygen atoms in total. The monoisotopic (exact) mass is 254 g/mol. The van der Waals surface area contributed by atoms with Gasteiger partial charge in [0.25, 0.3) is 0 Å². The van der Waals surface area contributed by atoms with E-state index in [1.54, 1.807) is 24.3 Å². The van der Waals surface area contributed by atoms with Crippen LogP contribution in [0.1, 0.15) is 20.3 Å². The number of carbonyl (C=O) groups excluding carboxylic acids is 1. The summed E-state index contributed by atoms with van der Waals surface area (Å²) in [5.74, 6) is -0.302. The molecule has 3 N–H and O–H groups in total. The smallest absolute Gasteiger partial charge is 0.249 e. The predicted molar refractivity (Wildman–Crippen MR) is 68.4 cm³/mol. The average molecular weight is 254 g/mol. The Kier molecular flexibility index (Phi) is 5.31. The van der Waals surface area contributed by atoms with Crippen LogP contribution in [0.4, 0.5) is 0 Å². The number of carbonyl (C=O) groups is 1. The Morgan fingerprint density at radius 2 is 2.00 bits per heavy atom. The second-order valence-corrected chi connectivity index (χ2v) is 5.17. The second kappa shape index (κ2) is 6.51. The third kappa shape index (κ3) is 3.94. The summed E-state index contributed by atoms with van der Waals surface area (Å²) in [5, 5.41) is 0. The first-order valence-corrected chi connectivity index (χ1v) is 6.74. The zero-order valence-corrected chi connectivity index (χ0v) is 10.9. The summed E-state index contributed by atoms with van der Waals surface area (Å²) in [5.41, 5.74) is 5.75. The maximum Gasteiger partial charge on any atom is 0.249 e. The van der Waals surface area contributed by atoms with Gasteiger partial charge >= 0.3 is 0 Å². The highest BCUT2D eigenvalue weighted by Gasteiger charge is 2.21. The molecule has 1 amide bonds. The van der Waals surface area contributed by atoms with Crippen LogP contribution in [-0.4, -0.2) is 16.2 Å². The molecule has 0 aliphatic rings. The van der Waals surface area contributed by atoms with Gasteiger partial charge in [0.15, 0.2) is 11.0 Å². The first kappa shape index (κ1) is 13.9. The van der Waals surface area contributed by atoms with Crippen LogP contribution < -0.4 is 10.5 Å². The van der Waals surface area contributed by atoms with Gasteiger partial charge in [-0.1, -0.05) is 38.5 Å².